The normalized spacial score (nSPS) is 19.2. The van der Waals surface area contributed by atoms with Crippen molar-refractivity contribution >= 4 is 11.6 Å². The SMILES string of the molecule is CCCCC1C(=O)Nc2ccccc21. The molecule has 0 saturated heterocycles. The van der Waals surface area contributed by atoms with Gasteiger partial charge in [-0.2, -0.15) is 0 Å². The summed E-state index contributed by atoms with van der Waals surface area (Å²) in [6.45, 7) is 2.15. The van der Waals surface area contributed by atoms with E-state index in [4.69, 9.17) is 0 Å². The molecule has 0 radical (unpaired) electrons. The number of amides is 1. The highest BCUT2D eigenvalue weighted by Crippen LogP contribution is 2.35. The molecule has 1 heterocycles. The zero-order valence-electron chi connectivity index (χ0n) is 8.42. The number of para-hydroxylation sites is 1. The average molecular weight is 189 g/mol. The summed E-state index contributed by atoms with van der Waals surface area (Å²) in [6, 6.07) is 7.98. The molecule has 1 aliphatic heterocycles. The molecule has 2 nitrogen and oxygen atoms in total. The molecule has 14 heavy (non-hydrogen) atoms. The summed E-state index contributed by atoms with van der Waals surface area (Å²) < 4.78 is 0. The predicted octanol–water partition coefficient (Wildman–Crippen LogP) is 2.91. The Morgan fingerprint density at radius 2 is 2.14 bits per heavy atom. The van der Waals surface area contributed by atoms with E-state index in [9.17, 15) is 4.79 Å². The van der Waals surface area contributed by atoms with Crippen LogP contribution in [0.25, 0.3) is 0 Å². The Balaban J connectivity index is 2.21. The summed E-state index contributed by atoms with van der Waals surface area (Å²) in [7, 11) is 0. The first-order valence-electron chi connectivity index (χ1n) is 5.22. The van der Waals surface area contributed by atoms with Crippen LogP contribution in [0.5, 0.6) is 0 Å². The van der Waals surface area contributed by atoms with Gasteiger partial charge in [0.25, 0.3) is 0 Å². The van der Waals surface area contributed by atoms with E-state index in [1.165, 1.54) is 5.56 Å². The first kappa shape index (κ1) is 9.25. The van der Waals surface area contributed by atoms with Crippen LogP contribution in [0, 0.1) is 0 Å². The van der Waals surface area contributed by atoms with E-state index in [1.807, 2.05) is 24.3 Å². The second kappa shape index (κ2) is 3.82. The van der Waals surface area contributed by atoms with E-state index >= 15 is 0 Å². The van der Waals surface area contributed by atoms with Gasteiger partial charge < -0.3 is 5.32 Å². The van der Waals surface area contributed by atoms with E-state index in [0.29, 0.717) is 0 Å². The van der Waals surface area contributed by atoms with Gasteiger partial charge in [-0.15, -0.1) is 0 Å². The van der Waals surface area contributed by atoms with Gasteiger partial charge in [0.15, 0.2) is 0 Å². The molecule has 0 fully saturated rings. The van der Waals surface area contributed by atoms with Crippen molar-refractivity contribution in [3.63, 3.8) is 0 Å². The molecule has 74 valence electrons. The van der Waals surface area contributed by atoms with Gasteiger partial charge >= 0.3 is 0 Å². The molecule has 0 aliphatic carbocycles. The monoisotopic (exact) mass is 189 g/mol. The molecule has 2 rings (SSSR count). The summed E-state index contributed by atoms with van der Waals surface area (Å²) in [5.41, 5.74) is 2.17. The lowest BCUT2D eigenvalue weighted by Gasteiger charge is -2.06. The van der Waals surface area contributed by atoms with Crippen LogP contribution in [0.3, 0.4) is 0 Å². The van der Waals surface area contributed by atoms with Gasteiger partial charge in [0.2, 0.25) is 5.91 Å². The fraction of sp³-hybridized carbons (Fsp3) is 0.417. The summed E-state index contributed by atoms with van der Waals surface area (Å²) in [4.78, 5) is 11.6. The van der Waals surface area contributed by atoms with E-state index < -0.39 is 0 Å². The number of hydrogen-bond donors (Lipinski definition) is 1. The third kappa shape index (κ3) is 1.52. The molecular weight excluding hydrogens is 174 g/mol. The van der Waals surface area contributed by atoms with Crippen molar-refractivity contribution in [1.29, 1.82) is 0 Å². The Morgan fingerprint density at radius 1 is 1.36 bits per heavy atom. The van der Waals surface area contributed by atoms with Gasteiger partial charge in [0.1, 0.15) is 0 Å². The van der Waals surface area contributed by atoms with Crippen LogP contribution in [0.2, 0.25) is 0 Å². The average Bonchev–Trinajstić information content (AvgIpc) is 2.51. The third-order valence-corrected chi connectivity index (χ3v) is 2.76. The minimum absolute atomic E-state index is 0.0890. The van der Waals surface area contributed by atoms with Gasteiger partial charge in [-0.3, -0.25) is 4.79 Å². The van der Waals surface area contributed by atoms with Gasteiger partial charge in [0.05, 0.1) is 5.92 Å². The second-order valence-corrected chi connectivity index (χ2v) is 3.77. The Morgan fingerprint density at radius 3 is 2.93 bits per heavy atom. The van der Waals surface area contributed by atoms with Crippen LogP contribution in [0.1, 0.15) is 37.7 Å². The summed E-state index contributed by atoms with van der Waals surface area (Å²) in [6.07, 6.45) is 3.23. The Bertz CT molecular complexity index is 346. The van der Waals surface area contributed by atoms with Crippen molar-refractivity contribution < 1.29 is 4.79 Å². The predicted molar refractivity (Wildman–Crippen MR) is 57.3 cm³/mol. The van der Waals surface area contributed by atoms with E-state index in [1.54, 1.807) is 0 Å². The summed E-state index contributed by atoms with van der Waals surface area (Å²) >= 11 is 0. The number of nitrogens with one attached hydrogen (secondary N) is 1. The lowest BCUT2D eigenvalue weighted by molar-refractivity contribution is -0.117. The molecule has 1 N–H and O–H groups in total. The molecule has 2 heteroatoms. The largest absolute Gasteiger partial charge is 0.325 e. The number of hydrogen-bond acceptors (Lipinski definition) is 1. The van der Waals surface area contributed by atoms with Gasteiger partial charge in [0, 0.05) is 5.69 Å². The zero-order chi connectivity index (χ0) is 9.97. The van der Waals surface area contributed by atoms with E-state index in [2.05, 4.69) is 12.2 Å². The van der Waals surface area contributed by atoms with Crippen molar-refractivity contribution in [3.05, 3.63) is 29.8 Å². The first-order chi connectivity index (χ1) is 6.83. The van der Waals surface area contributed by atoms with E-state index in [0.717, 1.165) is 24.9 Å². The minimum Gasteiger partial charge on any atom is -0.325 e. The molecule has 0 bridgehead atoms. The smallest absolute Gasteiger partial charge is 0.232 e. The number of carbonyl (C=O) groups excluding carboxylic acids is 1. The number of anilines is 1. The highest BCUT2D eigenvalue weighted by atomic mass is 16.2. The first-order valence-corrected chi connectivity index (χ1v) is 5.22. The van der Waals surface area contributed by atoms with Crippen molar-refractivity contribution in [2.24, 2.45) is 0 Å². The highest BCUT2D eigenvalue weighted by Gasteiger charge is 2.28. The fourth-order valence-electron chi connectivity index (χ4n) is 1.97. The maximum absolute atomic E-state index is 11.6. The van der Waals surface area contributed by atoms with E-state index in [-0.39, 0.29) is 11.8 Å². The molecule has 0 saturated carbocycles. The Labute approximate surface area is 84.3 Å². The molecular formula is C12H15NO. The van der Waals surface area contributed by atoms with Crippen LogP contribution < -0.4 is 5.32 Å². The Kier molecular flexibility index (Phi) is 2.53. The third-order valence-electron chi connectivity index (χ3n) is 2.76. The quantitative estimate of drug-likeness (QED) is 0.778. The van der Waals surface area contributed by atoms with Crippen LogP contribution in [0.4, 0.5) is 5.69 Å². The fourth-order valence-corrected chi connectivity index (χ4v) is 1.97. The van der Waals surface area contributed by atoms with Gasteiger partial charge in [-0.1, -0.05) is 38.0 Å². The highest BCUT2D eigenvalue weighted by molar-refractivity contribution is 6.02. The molecule has 1 amide bonds. The van der Waals surface area contributed by atoms with Crippen molar-refractivity contribution in [1.82, 2.24) is 0 Å². The van der Waals surface area contributed by atoms with Gasteiger partial charge in [-0.05, 0) is 18.1 Å². The van der Waals surface area contributed by atoms with Crippen LogP contribution in [0.15, 0.2) is 24.3 Å². The van der Waals surface area contributed by atoms with Crippen LogP contribution in [-0.4, -0.2) is 5.91 Å². The topological polar surface area (TPSA) is 29.1 Å². The zero-order valence-corrected chi connectivity index (χ0v) is 8.42. The summed E-state index contributed by atoms with van der Waals surface area (Å²) in [5.74, 6) is 0.255. The maximum atomic E-state index is 11.6. The number of carbonyl (C=O) groups is 1. The number of benzene rings is 1. The molecule has 0 aromatic heterocycles. The van der Waals surface area contributed by atoms with Crippen LogP contribution >= 0.6 is 0 Å². The number of unbranched alkanes of at least 4 members (excludes halogenated alkanes) is 1. The standard InChI is InChI=1S/C12H15NO/c1-2-3-6-10-9-7-4-5-8-11(9)13-12(10)14/h4-5,7-8,10H,2-3,6H2,1H3,(H,13,14). The maximum Gasteiger partial charge on any atom is 0.232 e. The van der Waals surface area contributed by atoms with Crippen LogP contribution in [-0.2, 0) is 4.79 Å². The number of fused-ring (bicyclic) bond motifs is 1. The molecule has 1 aliphatic rings. The number of rotatable bonds is 3. The summed E-state index contributed by atoms with van der Waals surface area (Å²) in [5, 5.41) is 2.92. The van der Waals surface area contributed by atoms with Crippen molar-refractivity contribution in [2.45, 2.75) is 32.1 Å². The molecule has 0 spiro atoms. The van der Waals surface area contributed by atoms with Crippen molar-refractivity contribution in [2.75, 3.05) is 5.32 Å². The molecule has 1 aromatic carbocycles. The lowest BCUT2D eigenvalue weighted by atomic mass is 9.95. The Hall–Kier alpha value is -1.31. The minimum atomic E-state index is 0.0890. The lowest BCUT2D eigenvalue weighted by Crippen LogP contribution is -2.11. The molecule has 1 atom stereocenters. The molecule has 1 unspecified atom stereocenters. The molecule has 1 aromatic rings. The van der Waals surface area contributed by atoms with Crippen molar-refractivity contribution in [3.8, 4) is 0 Å². The second-order valence-electron chi connectivity index (χ2n) is 3.77. The van der Waals surface area contributed by atoms with Gasteiger partial charge in [-0.25, -0.2) is 0 Å².